The summed E-state index contributed by atoms with van der Waals surface area (Å²) in [5.41, 5.74) is 3.30. The minimum Gasteiger partial charge on any atom is -0.467 e. The smallest absolute Gasteiger partial charge is 0.252 e. The maximum absolute atomic E-state index is 12.6. The van der Waals surface area contributed by atoms with Crippen molar-refractivity contribution in [1.82, 2.24) is 10.3 Å². The van der Waals surface area contributed by atoms with Crippen LogP contribution in [0.25, 0.3) is 10.9 Å². The Bertz CT molecular complexity index is 856. The zero-order chi connectivity index (χ0) is 17.1. The Kier molecular flexibility index (Phi) is 4.62. The predicted molar refractivity (Wildman–Crippen MR) is 91.9 cm³/mol. The normalized spacial score (nSPS) is 12.3. The third-order valence-corrected chi connectivity index (χ3v) is 3.98. The van der Waals surface area contributed by atoms with Crippen LogP contribution in [0.4, 0.5) is 0 Å². The van der Waals surface area contributed by atoms with Crippen LogP contribution in [0.5, 0.6) is 0 Å². The van der Waals surface area contributed by atoms with E-state index in [0.717, 1.165) is 28.6 Å². The Morgan fingerprint density at radius 1 is 1.33 bits per heavy atom. The van der Waals surface area contributed by atoms with E-state index >= 15 is 0 Å². The van der Waals surface area contributed by atoms with Gasteiger partial charge in [-0.1, -0.05) is 13.0 Å². The highest BCUT2D eigenvalue weighted by Crippen LogP contribution is 2.21. The molecule has 0 spiro atoms. The zero-order valence-electron chi connectivity index (χ0n) is 13.7. The lowest BCUT2D eigenvalue weighted by atomic mass is 10.0. The highest BCUT2D eigenvalue weighted by atomic mass is 16.4. The molecule has 5 nitrogen and oxygen atoms in total. The molecule has 2 N–H and O–H groups in total. The average molecular weight is 324 g/mol. The highest BCUT2D eigenvalue weighted by Gasteiger charge is 2.16. The number of carbonyl (C=O) groups excluding carboxylic acids is 1. The first kappa shape index (κ1) is 16.2. The van der Waals surface area contributed by atoms with Crippen molar-refractivity contribution in [2.24, 2.45) is 0 Å². The second-order valence-electron chi connectivity index (χ2n) is 5.76. The lowest BCUT2D eigenvalue weighted by Gasteiger charge is -2.12. The molecule has 1 aromatic carbocycles. The summed E-state index contributed by atoms with van der Waals surface area (Å²) >= 11 is 0. The molecular weight excluding hydrogens is 304 g/mol. The van der Waals surface area contributed by atoms with Crippen molar-refractivity contribution in [3.05, 3.63) is 65.2 Å². The van der Waals surface area contributed by atoms with Crippen LogP contribution in [0.2, 0.25) is 0 Å². The average Bonchev–Trinajstić information content (AvgIpc) is 3.13. The van der Waals surface area contributed by atoms with Gasteiger partial charge >= 0.3 is 0 Å². The monoisotopic (exact) mass is 324 g/mol. The third-order valence-electron chi connectivity index (χ3n) is 3.98. The molecule has 0 aliphatic heterocycles. The fourth-order valence-electron chi connectivity index (χ4n) is 2.68. The molecule has 0 aliphatic rings. The number of fused-ring (bicyclic) bond motifs is 1. The van der Waals surface area contributed by atoms with Crippen molar-refractivity contribution in [3.8, 4) is 0 Å². The number of aliphatic hydroxyl groups excluding tert-OH is 1. The molecule has 1 unspecified atom stereocenters. The van der Waals surface area contributed by atoms with Gasteiger partial charge in [-0.25, -0.2) is 0 Å². The van der Waals surface area contributed by atoms with E-state index in [9.17, 15) is 9.90 Å². The summed E-state index contributed by atoms with van der Waals surface area (Å²) in [5.74, 6) is 0.198. The summed E-state index contributed by atoms with van der Waals surface area (Å²) in [4.78, 5) is 17.1. The molecule has 124 valence electrons. The molecule has 3 rings (SSSR count). The second-order valence-corrected chi connectivity index (χ2v) is 5.76. The number of aromatic nitrogens is 1. The number of hydrogen-bond donors (Lipinski definition) is 2. The summed E-state index contributed by atoms with van der Waals surface area (Å²) < 4.78 is 5.14. The SMILES string of the molecule is CCc1ccc2nc(C)cc(C(=O)NCC(O)c3ccco3)c2c1. The molecule has 24 heavy (non-hydrogen) atoms. The topological polar surface area (TPSA) is 75.4 Å². The van der Waals surface area contributed by atoms with Gasteiger partial charge in [0, 0.05) is 11.1 Å². The fraction of sp³-hybridized carbons (Fsp3) is 0.263. The van der Waals surface area contributed by atoms with Gasteiger partial charge in [0.2, 0.25) is 0 Å². The van der Waals surface area contributed by atoms with Crippen molar-refractivity contribution in [2.75, 3.05) is 6.54 Å². The number of pyridine rings is 1. The Hall–Kier alpha value is -2.66. The van der Waals surface area contributed by atoms with E-state index in [-0.39, 0.29) is 12.5 Å². The molecule has 3 aromatic rings. The Morgan fingerprint density at radius 2 is 2.17 bits per heavy atom. The highest BCUT2D eigenvalue weighted by molar-refractivity contribution is 6.06. The molecule has 5 heteroatoms. The van der Waals surface area contributed by atoms with Crippen molar-refractivity contribution < 1.29 is 14.3 Å². The first-order valence-electron chi connectivity index (χ1n) is 7.98. The number of amides is 1. The van der Waals surface area contributed by atoms with Gasteiger partial charge in [0.15, 0.2) is 0 Å². The summed E-state index contributed by atoms with van der Waals surface area (Å²) in [6, 6.07) is 11.1. The molecule has 0 saturated carbocycles. The van der Waals surface area contributed by atoms with Crippen molar-refractivity contribution >= 4 is 16.8 Å². The first-order valence-corrected chi connectivity index (χ1v) is 7.98. The van der Waals surface area contributed by atoms with Crippen LogP contribution < -0.4 is 5.32 Å². The van der Waals surface area contributed by atoms with Crippen LogP contribution in [0, 0.1) is 6.92 Å². The van der Waals surface area contributed by atoms with Gasteiger partial charge in [0.1, 0.15) is 11.9 Å². The molecule has 0 bridgehead atoms. The Morgan fingerprint density at radius 3 is 2.88 bits per heavy atom. The molecule has 0 saturated heterocycles. The number of furan rings is 1. The van der Waals surface area contributed by atoms with Crippen LogP contribution in [0.15, 0.2) is 47.1 Å². The van der Waals surface area contributed by atoms with Gasteiger partial charge in [0.25, 0.3) is 5.91 Å². The number of aliphatic hydroxyl groups is 1. The van der Waals surface area contributed by atoms with E-state index in [2.05, 4.69) is 17.2 Å². The van der Waals surface area contributed by atoms with E-state index in [4.69, 9.17) is 4.42 Å². The molecule has 0 fully saturated rings. The number of hydrogen-bond acceptors (Lipinski definition) is 4. The second kappa shape index (κ2) is 6.84. The largest absolute Gasteiger partial charge is 0.467 e. The van der Waals surface area contributed by atoms with Gasteiger partial charge in [-0.05, 0) is 49.2 Å². The maximum Gasteiger partial charge on any atom is 0.252 e. The number of aryl methyl sites for hydroxylation is 2. The van der Waals surface area contributed by atoms with Crippen LogP contribution in [-0.2, 0) is 6.42 Å². The minimum absolute atomic E-state index is 0.0860. The predicted octanol–water partition coefficient (Wildman–Crippen LogP) is 3.16. The molecular formula is C19H20N2O3. The molecule has 2 heterocycles. The van der Waals surface area contributed by atoms with E-state index < -0.39 is 6.10 Å². The van der Waals surface area contributed by atoms with Crippen LogP contribution in [-0.4, -0.2) is 22.5 Å². The molecule has 2 aromatic heterocycles. The van der Waals surface area contributed by atoms with Crippen LogP contribution in [0.3, 0.4) is 0 Å². The fourth-order valence-corrected chi connectivity index (χ4v) is 2.68. The summed E-state index contributed by atoms with van der Waals surface area (Å²) in [5, 5.41) is 13.6. The zero-order valence-corrected chi connectivity index (χ0v) is 13.7. The molecule has 0 aliphatic carbocycles. The quantitative estimate of drug-likeness (QED) is 0.756. The number of carbonyl (C=O) groups is 1. The van der Waals surface area contributed by atoms with Crippen molar-refractivity contribution in [3.63, 3.8) is 0 Å². The van der Waals surface area contributed by atoms with E-state index in [1.807, 2.05) is 25.1 Å². The lowest BCUT2D eigenvalue weighted by Crippen LogP contribution is -2.28. The number of nitrogens with zero attached hydrogens (tertiary/aromatic N) is 1. The summed E-state index contributed by atoms with van der Waals surface area (Å²) in [6.07, 6.45) is 1.51. The van der Waals surface area contributed by atoms with E-state index in [1.165, 1.54) is 6.26 Å². The van der Waals surface area contributed by atoms with Crippen molar-refractivity contribution in [1.29, 1.82) is 0 Å². The number of rotatable bonds is 5. The summed E-state index contributed by atoms with van der Waals surface area (Å²) in [6.45, 7) is 4.02. The third kappa shape index (κ3) is 3.31. The number of benzene rings is 1. The minimum atomic E-state index is -0.871. The van der Waals surface area contributed by atoms with Gasteiger partial charge in [-0.3, -0.25) is 9.78 Å². The Labute approximate surface area is 140 Å². The van der Waals surface area contributed by atoms with Gasteiger partial charge in [-0.15, -0.1) is 0 Å². The van der Waals surface area contributed by atoms with Gasteiger partial charge < -0.3 is 14.8 Å². The molecule has 1 atom stereocenters. The number of nitrogens with one attached hydrogen (secondary N) is 1. The van der Waals surface area contributed by atoms with Gasteiger partial charge in [0.05, 0.1) is 23.9 Å². The summed E-state index contributed by atoms with van der Waals surface area (Å²) in [7, 11) is 0. The van der Waals surface area contributed by atoms with E-state index in [0.29, 0.717) is 11.3 Å². The first-order chi connectivity index (χ1) is 11.6. The molecule has 0 radical (unpaired) electrons. The van der Waals surface area contributed by atoms with Crippen molar-refractivity contribution in [2.45, 2.75) is 26.4 Å². The molecule has 1 amide bonds. The maximum atomic E-state index is 12.6. The van der Waals surface area contributed by atoms with E-state index in [1.54, 1.807) is 18.2 Å². The Balaban J connectivity index is 1.86. The van der Waals surface area contributed by atoms with Gasteiger partial charge in [-0.2, -0.15) is 0 Å². The standard InChI is InChI=1S/C19H20N2O3/c1-3-13-6-7-16-14(10-13)15(9-12(2)21-16)19(23)20-11-17(22)18-5-4-8-24-18/h4-10,17,22H,3,11H2,1-2H3,(H,20,23). The van der Waals surface area contributed by atoms with Crippen LogP contribution in [0.1, 0.15) is 40.4 Å². The van der Waals surface area contributed by atoms with Crippen LogP contribution >= 0.6 is 0 Å². The lowest BCUT2D eigenvalue weighted by molar-refractivity contribution is 0.0902.